The van der Waals surface area contributed by atoms with Crippen LogP contribution in [0.1, 0.15) is 65.2 Å². The van der Waals surface area contributed by atoms with Gasteiger partial charge in [-0.05, 0) is 54.8 Å². The van der Waals surface area contributed by atoms with Gasteiger partial charge < -0.3 is 14.4 Å². The van der Waals surface area contributed by atoms with Crippen LogP contribution in [-0.2, 0) is 4.79 Å². The minimum atomic E-state index is -0.445. The third-order valence-electron chi connectivity index (χ3n) is 6.70. The lowest BCUT2D eigenvalue weighted by Gasteiger charge is -2.32. The van der Waals surface area contributed by atoms with E-state index in [1.54, 1.807) is 37.0 Å². The number of benzene rings is 2. The van der Waals surface area contributed by atoms with E-state index in [-0.39, 0.29) is 17.4 Å². The van der Waals surface area contributed by atoms with Crippen LogP contribution in [0.15, 0.2) is 45.7 Å². The number of amides is 1. The van der Waals surface area contributed by atoms with E-state index in [4.69, 9.17) is 14.5 Å². The molecular weight excluding hydrogens is 522 g/mol. The van der Waals surface area contributed by atoms with E-state index in [0.717, 1.165) is 25.7 Å². The highest BCUT2D eigenvalue weighted by molar-refractivity contribution is 9.10. The van der Waals surface area contributed by atoms with Crippen LogP contribution in [-0.4, -0.2) is 41.1 Å². The Morgan fingerprint density at radius 2 is 1.86 bits per heavy atom. The van der Waals surface area contributed by atoms with Gasteiger partial charge in [-0.3, -0.25) is 14.2 Å². The SMILES string of the molecule is CCCCC(CC)C(=O)N(CC)C(C)c1nc2ccccc2c(=O)n1-c1cc(OC)cc(OC)c1Br. The Labute approximate surface area is 221 Å². The molecule has 2 unspecified atom stereocenters. The summed E-state index contributed by atoms with van der Waals surface area (Å²) in [4.78, 5) is 34.4. The minimum Gasteiger partial charge on any atom is -0.497 e. The van der Waals surface area contributed by atoms with Crippen LogP contribution in [0, 0.1) is 5.92 Å². The maximum Gasteiger partial charge on any atom is 0.266 e. The van der Waals surface area contributed by atoms with E-state index in [1.165, 1.54) is 0 Å². The zero-order valence-corrected chi connectivity index (χ0v) is 23.6. The normalized spacial score (nSPS) is 12.9. The van der Waals surface area contributed by atoms with Gasteiger partial charge in [-0.1, -0.05) is 38.8 Å². The van der Waals surface area contributed by atoms with Gasteiger partial charge >= 0.3 is 0 Å². The van der Waals surface area contributed by atoms with Gasteiger partial charge in [-0.15, -0.1) is 0 Å². The summed E-state index contributed by atoms with van der Waals surface area (Å²) in [6, 6.07) is 10.3. The van der Waals surface area contributed by atoms with Crippen molar-refractivity contribution in [3.8, 4) is 17.2 Å². The Kier molecular flexibility index (Phi) is 9.54. The Balaban J connectivity index is 2.28. The number of carbonyl (C=O) groups excluding carboxylic acids is 1. The molecular formula is C28H36BrN3O4. The number of hydrogen-bond acceptors (Lipinski definition) is 5. The van der Waals surface area contributed by atoms with E-state index in [9.17, 15) is 9.59 Å². The molecule has 194 valence electrons. The lowest BCUT2D eigenvalue weighted by Crippen LogP contribution is -2.40. The van der Waals surface area contributed by atoms with Crippen LogP contribution >= 0.6 is 15.9 Å². The predicted octanol–water partition coefficient (Wildman–Crippen LogP) is 6.29. The highest BCUT2D eigenvalue weighted by atomic mass is 79.9. The largest absolute Gasteiger partial charge is 0.497 e. The van der Waals surface area contributed by atoms with Crippen molar-refractivity contribution in [3.05, 3.63) is 57.0 Å². The molecule has 0 saturated heterocycles. The summed E-state index contributed by atoms with van der Waals surface area (Å²) in [5.74, 6) is 1.58. The summed E-state index contributed by atoms with van der Waals surface area (Å²) in [5.41, 5.74) is 0.908. The van der Waals surface area contributed by atoms with Gasteiger partial charge in [0.1, 0.15) is 17.3 Å². The van der Waals surface area contributed by atoms with Crippen molar-refractivity contribution in [1.82, 2.24) is 14.5 Å². The molecule has 0 N–H and O–H groups in total. The van der Waals surface area contributed by atoms with Crippen molar-refractivity contribution in [2.45, 2.75) is 59.4 Å². The fourth-order valence-electron chi connectivity index (χ4n) is 4.60. The highest BCUT2D eigenvalue weighted by Gasteiger charge is 2.30. The van der Waals surface area contributed by atoms with Gasteiger partial charge in [0, 0.05) is 24.6 Å². The first-order valence-corrected chi connectivity index (χ1v) is 13.4. The fourth-order valence-corrected chi connectivity index (χ4v) is 5.17. The molecule has 0 fully saturated rings. The molecule has 0 aliphatic heterocycles. The van der Waals surface area contributed by atoms with Crippen molar-refractivity contribution in [2.75, 3.05) is 20.8 Å². The van der Waals surface area contributed by atoms with Gasteiger partial charge in [0.25, 0.3) is 5.56 Å². The number of fused-ring (bicyclic) bond motifs is 1. The Morgan fingerprint density at radius 1 is 1.14 bits per heavy atom. The van der Waals surface area contributed by atoms with Crippen LogP contribution < -0.4 is 15.0 Å². The van der Waals surface area contributed by atoms with Crippen molar-refractivity contribution < 1.29 is 14.3 Å². The second kappa shape index (κ2) is 12.4. The monoisotopic (exact) mass is 557 g/mol. The standard InChI is InChI=1S/C28H36BrN3O4/c1-7-10-13-19(8-2)27(33)31(9-3)18(4)26-30-22-15-12-11-14-21(22)28(34)32(26)23-16-20(35-5)17-24(36-6)25(23)29/h11-12,14-19H,7-10,13H2,1-6H3. The van der Waals surface area contributed by atoms with Gasteiger partial charge in [0.05, 0.1) is 41.3 Å². The number of unbranched alkanes of at least 4 members (excludes halogenated alkanes) is 1. The Morgan fingerprint density at radius 3 is 2.47 bits per heavy atom. The number of halogens is 1. The molecule has 0 aliphatic rings. The van der Waals surface area contributed by atoms with E-state index in [2.05, 4.69) is 29.8 Å². The zero-order chi connectivity index (χ0) is 26.4. The number of hydrogen-bond donors (Lipinski definition) is 0. The van der Waals surface area contributed by atoms with Crippen LogP contribution in [0.3, 0.4) is 0 Å². The maximum absolute atomic E-state index is 13.9. The molecule has 0 spiro atoms. The molecule has 0 radical (unpaired) electrons. The molecule has 1 heterocycles. The Hall–Kier alpha value is -2.87. The van der Waals surface area contributed by atoms with Crippen LogP contribution in [0.25, 0.3) is 16.6 Å². The molecule has 0 saturated carbocycles. The first-order chi connectivity index (χ1) is 17.3. The average molecular weight is 559 g/mol. The van der Waals surface area contributed by atoms with Crippen LogP contribution in [0.4, 0.5) is 0 Å². The summed E-state index contributed by atoms with van der Waals surface area (Å²) >= 11 is 3.62. The minimum absolute atomic E-state index is 0.0587. The number of ether oxygens (including phenoxy) is 2. The van der Waals surface area contributed by atoms with Crippen molar-refractivity contribution >= 4 is 32.7 Å². The van der Waals surface area contributed by atoms with Gasteiger partial charge in [0.15, 0.2) is 0 Å². The predicted molar refractivity (Wildman–Crippen MR) is 147 cm³/mol. The zero-order valence-electron chi connectivity index (χ0n) is 22.0. The van der Waals surface area contributed by atoms with Crippen LogP contribution in [0.2, 0.25) is 0 Å². The van der Waals surface area contributed by atoms with Crippen LogP contribution in [0.5, 0.6) is 11.5 Å². The number of methoxy groups -OCH3 is 2. The topological polar surface area (TPSA) is 73.7 Å². The molecule has 3 aromatic rings. The first-order valence-electron chi connectivity index (χ1n) is 12.6. The number of para-hydroxylation sites is 1. The van der Waals surface area contributed by atoms with E-state index in [0.29, 0.717) is 44.9 Å². The van der Waals surface area contributed by atoms with E-state index < -0.39 is 6.04 Å². The van der Waals surface area contributed by atoms with Gasteiger partial charge in [0.2, 0.25) is 5.91 Å². The third kappa shape index (κ3) is 5.43. The molecule has 1 aromatic heterocycles. The average Bonchev–Trinajstić information content (AvgIpc) is 2.89. The molecule has 8 heteroatoms. The second-order valence-corrected chi connectivity index (χ2v) is 9.63. The first kappa shape index (κ1) is 27.7. The smallest absolute Gasteiger partial charge is 0.266 e. The molecule has 1 amide bonds. The Bertz CT molecular complexity index is 1270. The fraction of sp³-hybridized carbons (Fsp3) is 0.464. The molecule has 2 aromatic carbocycles. The lowest BCUT2D eigenvalue weighted by molar-refractivity contribution is -0.138. The van der Waals surface area contributed by atoms with E-state index >= 15 is 0 Å². The summed E-state index contributed by atoms with van der Waals surface area (Å²) in [6.07, 6.45) is 3.68. The lowest BCUT2D eigenvalue weighted by atomic mass is 9.97. The third-order valence-corrected chi connectivity index (χ3v) is 7.50. The highest BCUT2D eigenvalue weighted by Crippen LogP contribution is 2.37. The van der Waals surface area contributed by atoms with E-state index in [1.807, 2.05) is 36.9 Å². The van der Waals surface area contributed by atoms with Crippen molar-refractivity contribution in [1.29, 1.82) is 0 Å². The second-order valence-electron chi connectivity index (χ2n) is 8.84. The van der Waals surface area contributed by atoms with Gasteiger partial charge in [-0.2, -0.15) is 0 Å². The number of carbonyl (C=O) groups is 1. The summed E-state index contributed by atoms with van der Waals surface area (Å²) < 4.78 is 13.2. The van der Waals surface area contributed by atoms with Gasteiger partial charge in [-0.25, -0.2) is 4.98 Å². The molecule has 0 bridgehead atoms. The van der Waals surface area contributed by atoms with Crippen molar-refractivity contribution in [2.24, 2.45) is 5.92 Å². The number of aromatic nitrogens is 2. The maximum atomic E-state index is 13.9. The number of nitrogens with zero attached hydrogens (tertiary/aromatic N) is 3. The molecule has 7 nitrogen and oxygen atoms in total. The molecule has 3 rings (SSSR count). The molecule has 36 heavy (non-hydrogen) atoms. The quantitative estimate of drug-likeness (QED) is 0.277. The molecule has 0 aliphatic carbocycles. The summed E-state index contributed by atoms with van der Waals surface area (Å²) in [7, 11) is 3.13. The summed E-state index contributed by atoms with van der Waals surface area (Å²) in [6.45, 7) is 8.60. The molecule has 2 atom stereocenters. The summed E-state index contributed by atoms with van der Waals surface area (Å²) in [5, 5.41) is 0.492. The number of rotatable bonds is 11. The van der Waals surface area contributed by atoms with Crippen molar-refractivity contribution in [3.63, 3.8) is 0 Å².